The van der Waals surface area contributed by atoms with Crippen LogP contribution in [0.25, 0.3) is 0 Å². The van der Waals surface area contributed by atoms with E-state index >= 15 is 0 Å². The molecule has 0 aromatic rings. The Morgan fingerprint density at radius 1 is 1.62 bits per heavy atom. The van der Waals surface area contributed by atoms with Crippen molar-refractivity contribution in [3.8, 4) is 0 Å². The maximum atomic E-state index is 10.8. The molecule has 0 rings (SSSR count). The average Bonchev–Trinajstić information content (AvgIpc) is 1.99. The number of hydrogen-bond donors (Lipinski definition) is 3. The van der Waals surface area contributed by atoms with Gasteiger partial charge in [0.15, 0.2) is 0 Å². The maximum Gasteiger partial charge on any atom is 0.327 e. The number of nitrogens with one attached hydrogen (secondary N) is 1. The van der Waals surface area contributed by atoms with Gasteiger partial charge in [-0.15, -0.1) is 0 Å². The normalized spacial score (nSPS) is 17.2. The minimum absolute atomic E-state index is 0.360. The molecule has 13 heavy (non-hydrogen) atoms. The zero-order valence-corrected chi connectivity index (χ0v) is 8.89. The van der Waals surface area contributed by atoms with Crippen molar-refractivity contribution in [1.82, 2.24) is 5.32 Å². The van der Waals surface area contributed by atoms with Crippen LogP contribution in [0.1, 0.15) is 27.2 Å². The second-order valence-corrected chi connectivity index (χ2v) is 4.20. The largest absolute Gasteiger partial charge is 0.480 e. The van der Waals surface area contributed by atoms with Crippen LogP contribution in [0.5, 0.6) is 0 Å². The van der Waals surface area contributed by atoms with E-state index in [0.29, 0.717) is 6.42 Å². The summed E-state index contributed by atoms with van der Waals surface area (Å²) < 4.78 is -0.725. The zero-order valence-electron chi connectivity index (χ0n) is 8.00. The van der Waals surface area contributed by atoms with Gasteiger partial charge in [0.05, 0.1) is 0 Å². The Hall–Kier alpha value is -0.710. The van der Waals surface area contributed by atoms with Crippen molar-refractivity contribution < 1.29 is 14.7 Å². The van der Waals surface area contributed by atoms with Crippen molar-refractivity contribution >= 4 is 24.5 Å². The fraction of sp³-hybridized carbons (Fsp3) is 0.750. The van der Waals surface area contributed by atoms with Gasteiger partial charge in [-0.25, -0.2) is 4.79 Å². The van der Waals surface area contributed by atoms with E-state index in [1.807, 2.05) is 6.92 Å². The summed E-state index contributed by atoms with van der Waals surface area (Å²) in [5.74, 6) is -1.42. The Bertz CT molecular complexity index is 215. The molecule has 76 valence electrons. The molecule has 0 spiro atoms. The number of carboxylic acids is 1. The predicted molar refractivity (Wildman–Crippen MR) is 52.9 cm³/mol. The number of rotatable bonds is 4. The van der Waals surface area contributed by atoms with Crippen molar-refractivity contribution in [2.75, 3.05) is 0 Å². The second-order valence-electron chi connectivity index (χ2n) is 3.18. The van der Waals surface area contributed by atoms with Gasteiger partial charge < -0.3 is 10.4 Å². The monoisotopic (exact) mass is 205 g/mol. The Labute approximate surface area is 83.1 Å². The van der Waals surface area contributed by atoms with Crippen LogP contribution in [0.2, 0.25) is 0 Å². The summed E-state index contributed by atoms with van der Waals surface area (Å²) in [5, 5.41) is 11.2. The highest BCUT2D eigenvalue weighted by atomic mass is 32.1. The van der Waals surface area contributed by atoms with E-state index in [-0.39, 0.29) is 5.91 Å². The minimum atomic E-state index is -1.06. The van der Waals surface area contributed by atoms with Gasteiger partial charge in [0.2, 0.25) is 5.91 Å². The van der Waals surface area contributed by atoms with Gasteiger partial charge in [-0.1, -0.05) is 6.92 Å². The molecular weight excluding hydrogens is 190 g/mol. The Kier molecular flexibility index (Phi) is 4.26. The van der Waals surface area contributed by atoms with Gasteiger partial charge in [0, 0.05) is 11.7 Å². The molecule has 0 saturated heterocycles. The molecule has 0 heterocycles. The van der Waals surface area contributed by atoms with Crippen LogP contribution in [0, 0.1) is 0 Å². The van der Waals surface area contributed by atoms with Crippen molar-refractivity contribution in [3.05, 3.63) is 0 Å². The van der Waals surface area contributed by atoms with E-state index in [1.165, 1.54) is 6.92 Å². The zero-order chi connectivity index (χ0) is 10.6. The smallest absolute Gasteiger partial charge is 0.327 e. The lowest BCUT2D eigenvalue weighted by molar-refractivity contribution is -0.142. The lowest BCUT2D eigenvalue weighted by atomic mass is 9.98. The van der Waals surface area contributed by atoms with Crippen molar-refractivity contribution in [2.45, 2.75) is 38.0 Å². The summed E-state index contributed by atoms with van der Waals surface area (Å²) >= 11 is 4.20. The number of carbonyl (C=O) groups is 2. The standard InChI is InChI=1S/C8H15NO3S/c1-4-8(3,13)6(7(11)12)9-5(2)10/h6,13H,4H2,1-3H3,(H,9,10)(H,11,12)/t6-,8-/m1/s1. The van der Waals surface area contributed by atoms with Crippen molar-refractivity contribution in [1.29, 1.82) is 0 Å². The molecule has 2 atom stereocenters. The molecule has 0 aliphatic rings. The van der Waals surface area contributed by atoms with Gasteiger partial charge >= 0.3 is 5.97 Å². The molecule has 0 aromatic heterocycles. The average molecular weight is 205 g/mol. The summed E-state index contributed by atoms with van der Waals surface area (Å²) in [5.41, 5.74) is 0. The van der Waals surface area contributed by atoms with E-state index < -0.39 is 16.8 Å². The van der Waals surface area contributed by atoms with Gasteiger partial charge in [-0.2, -0.15) is 12.6 Å². The number of hydrogen-bond acceptors (Lipinski definition) is 3. The molecule has 0 aromatic carbocycles. The third-order valence-corrected chi connectivity index (χ3v) is 2.51. The van der Waals surface area contributed by atoms with Crippen LogP contribution < -0.4 is 5.32 Å². The Morgan fingerprint density at radius 2 is 2.08 bits per heavy atom. The first-order chi connectivity index (χ1) is 5.81. The minimum Gasteiger partial charge on any atom is -0.480 e. The first kappa shape index (κ1) is 12.3. The fourth-order valence-corrected chi connectivity index (χ4v) is 1.07. The topological polar surface area (TPSA) is 66.4 Å². The first-order valence-electron chi connectivity index (χ1n) is 4.03. The Morgan fingerprint density at radius 3 is 2.31 bits per heavy atom. The highest BCUT2D eigenvalue weighted by molar-refractivity contribution is 7.81. The molecule has 2 N–H and O–H groups in total. The number of thiol groups is 1. The highest BCUT2D eigenvalue weighted by Gasteiger charge is 2.35. The number of carbonyl (C=O) groups excluding carboxylic acids is 1. The molecule has 5 heteroatoms. The number of aliphatic carboxylic acids is 1. The molecule has 1 amide bonds. The van der Waals surface area contributed by atoms with Gasteiger partial charge in [-0.3, -0.25) is 4.79 Å². The van der Waals surface area contributed by atoms with Crippen LogP contribution in [-0.4, -0.2) is 27.8 Å². The summed E-state index contributed by atoms with van der Waals surface area (Å²) in [6.45, 7) is 4.80. The molecule has 0 aliphatic heterocycles. The molecule has 0 unspecified atom stereocenters. The van der Waals surface area contributed by atoms with E-state index in [9.17, 15) is 9.59 Å². The van der Waals surface area contributed by atoms with Crippen LogP contribution in [0.4, 0.5) is 0 Å². The summed E-state index contributed by atoms with van der Waals surface area (Å²) in [7, 11) is 0. The Balaban J connectivity index is 4.60. The van der Waals surface area contributed by atoms with E-state index in [1.54, 1.807) is 6.92 Å². The first-order valence-corrected chi connectivity index (χ1v) is 4.48. The SMILES string of the molecule is CC[C@@](C)(S)[C@H](NC(C)=O)C(=O)O. The highest BCUT2D eigenvalue weighted by Crippen LogP contribution is 2.22. The third kappa shape index (κ3) is 3.67. The van der Waals surface area contributed by atoms with E-state index in [0.717, 1.165) is 0 Å². The number of carboxylic acid groups (broad SMARTS) is 1. The summed E-state index contributed by atoms with van der Waals surface area (Å²) in [6, 6.07) is -0.946. The van der Waals surface area contributed by atoms with Crippen LogP contribution in [0.3, 0.4) is 0 Å². The van der Waals surface area contributed by atoms with E-state index in [2.05, 4.69) is 17.9 Å². The maximum absolute atomic E-state index is 10.8. The van der Waals surface area contributed by atoms with Gasteiger partial charge in [-0.05, 0) is 13.3 Å². The van der Waals surface area contributed by atoms with Crippen molar-refractivity contribution in [3.63, 3.8) is 0 Å². The molecule has 4 nitrogen and oxygen atoms in total. The lowest BCUT2D eigenvalue weighted by Crippen LogP contribution is -2.52. The molecular formula is C8H15NO3S. The fourth-order valence-electron chi connectivity index (χ4n) is 0.891. The summed E-state index contributed by atoms with van der Waals surface area (Å²) in [4.78, 5) is 21.5. The predicted octanol–water partition coefficient (Wildman–Crippen LogP) is 0.674. The van der Waals surface area contributed by atoms with Crippen LogP contribution >= 0.6 is 12.6 Å². The molecule has 0 radical (unpaired) electrons. The quantitative estimate of drug-likeness (QED) is 0.591. The molecule has 0 aliphatic carbocycles. The van der Waals surface area contributed by atoms with Gasteiger partial charge in [0.1, 0.15) is 6.04 Å². The second kappa shape index (κ2) is 4.50. The third-order valence-electron chi connectivity index (χ3n) is 1.93. The van der Waals surface area contributed by atoms with E-state index in [4.69, 9.17) is 5.11 Å². The summed E-state index contributed by atoms with van der Waals surface area (Å²) in [6.07, 6.45) is 0.563. The van der Waals surface area contributed by atoms with Crippen LogP contribution in [-0.2, 0) is 9.59 Å². The molecule has 0 saturated carbocycles. The molecule has 0 fully saturated rings. The van der Waals surface area contributed by atoms with Crippen LogP contribution in [0.15, 0.2) is 0 Å². The van der Waals surface area contributed by atoms with Crippen molar-refractivity contribution in [2.24, 2.45) is 0 Å². The number of amides is 1. The lowest BCUT2D eigenvalue weighted by Gasteiger charge is -2.29. The van der Waals surface area contributed by atoms with Gasteiger partial charge in [0.25, 0.3) is 0 Å². The molecule has 0 bridgehead atoms.